The highest BCUT2D eigenvalue weighted by atomic mass is 14.9. The van der Waals surface area contributed by atoms with Gasteiger partial charge < -0.3 is 4.98 Å². The van der Waals surface area contributed by atoms with E-state index in [1.807, 2.05) is 12.1 Å². The summed E-state index contributed by atoms with van der Waals surface area (Å²) in [6.45, 7) is 0. The molecule has 2 aromatic heterocycles. The van der Waals surface area contributed by atoms with Gasteiger partial charge in [0.05, 0.1) is 11.8 Å². The summed E-state index contributed by atoms with van der Waals surface area (Å²) in [5.74, 6) is 0. The standard InChI is InChI=1S/C9H6N4/c1-2-7-9(13-5-11-7)8-6(1)3-10-4-12-8/h1-5H,(H,11,13). The Morgan fingerprint density at radius 2 is 2.08 bits per heavy atom. The van der Waals surface area contributed by atoms with Crippen LogP contribution < -0.4 is 0 Å². The molecule has 0 bridgehead atoms. The van der Waals surface area contributed by atoms with Crippen LogP contribution in [0.15, 0.2) is 31.0 Å². The quantitative estimate of drug-likeness (QED) is 0.556. The highest BCUT2D eigenvalue weighted by Gasteiger charge is 2.02. The second-order valence-corrected chi connectivity index (χ2v) is 2.82. The van der Waals surface area contributed by atoms with Crippen molar-refractivity contribution in [2.24, 2.45) is 0 Å². The third-order valence-corrected chi connectivity index (χ3v) is 2.06. The van der Waals surface area contributed by atoms with Crippen molar-refractivity contribution < 1.29 is 0 Å². The molecule has 0 amide bonds. The second-order valence-electron chi connectivity index (χ2n) is 2.82. The molecule has 0 spiro atoms. The average Bonchev–Trinajstić information content (AvgIpc) is 2.65. The molecule has 2 heterocycles. The minimum atomic E-state index is 0.897. The molecule has 0 unspecified atom stereocenters. The Labute approximate surface area is 73.7 Å². The van der Waals surface area contributed by atoms with Crippen LogP contribution in [0, 0.1) is 0 Å². The van der Waals surface area contributed by atoms with E-state index in [1.165, 1.54) is 6.33 Å². The Balaban J connectivity index is 2.65. The van der Waals surface area contributed by atoms with Crippen molar-refractivity contribution >= 4 is 21.9 Å². The van der Waals surface area contributed by atoms with E-state index in [1.54, 1.807) is 12.5 Å². The molecular formula is C9H6N4. The molecule has 0 aliphatic rings. The van der Waals surface area contributed by atoms with Gasteiger partial charge in [-0.3, -0.25) is 0 Å². The summed E-state index contributed by atoms with van der Waals surface area (Å²) in [5, 5.41) is 1.02. The van der Waals surface area contributed by atoms with Crippen LogP contribution in [0.25, 0.3) is 21.9 Å². The molecule has 0 atom stereocenters. The largest absolute Gasteiger partial charge is 0.345 e. The molecule has 3 rings (SSSR count). The number of nitrogens with one attached hydrogen (secondary N) is 1. The topological polar surface area (TPSA) is 54.5 Å². The molecule has 3 aromatic rings. The molecule has 0 saturated heterocycles. The predicted octanol–water partition coefficient (Wildman–Crippen LogP) is 1.51. The van der Waals surface area contributed by atoms with E-state index in [0.29, 0.717) is 0 Å². The van der Waals surface area contributed by atoms with Crippen LogP contribution in [0.4, 0.5) is 0 Å². The summed E-state index contributed by atoms with van der Waals surface area (Å²) in [5.41, 5.74) is 2.81. The summed E-state index contributed by atoms with van der Waals surface area (Å²) < 4.78 is 0. The summed E-state index contributed by atoms with van der Waals surface area (Å²) in [6, 6.07) is 3.96. The van der Waals surface area contributed by atoms with Crippen molar-refractivity contribution in [2.45, 2.75) is 0 Å². The predicted molar refractivity (Wildman–Crippen MR) is 49.2 cm³/mol. The minimum Gasteiger partial charge on any atom is -0.345 e. The lowest BCUT2D eigenvalue weighted by Crippen LogP contribution is -1.82. The van der Waals surface area contributed by atoms with Crippen LogP contribution in [0.5, 0.6) is 0 Å². The van der Waals surface area contributed by atoms with Crippen LogP contribution in [-0.2, 0) is 0 Å². The Kier molecular flexibility index (Phi) is 1.14. The maximum atomic E-state index is 4.20. The number of hydrogen-bond acceptors (Lipinski definition) is 3. The highest BCUT2D eigenvalue weighted by Crippen LogP contribution is 2.18. The molecule has 1 N–H and O–H groups in total. The first-order valence-electron chi connectivity index (χ1n) is 3.97. The molecule has 62 valence electrons. The summed E-state index contributed by atoms with van der Waals surface area (Å²) in [6.07, 6.45) is 5.00. The number of nitrogens with zero attached hydrogens (tertiary/aromatic N) is 3. The average molecular weight is 170 g/mol. The van der Waals surface area contributed by atoms with Gasteiger partial charge in [0, 0.05) is 11.6 Å². The van der Waals surface area contributed by atoms with Crippen molar-refractivity contribution in [1.82, 2.24) is 19.9 Å². The Hall–Kier alpha value is -1.97. The number of rotatable bonds is 0. The van der Waals surface area contributed by atoms with Gasteiger partial charge in [-0.2, -0.15) is 0 Å². The first-order valence-corrected chi connectivity index (χ1v) is 3.97. The fraction of sp³-hybridized carbons (Fsp3) is 0. The molecule has 0 fully saturated rings. The van der Waals surface area contributed by atoms with E-state index in [9.17, 15) is 0 Å². The zero-order valence-corrected chi connectivity index (χ0v) is 6.73. The number of aromatic nitrogens is 4. The van der Waals surface area contributed by atoms with Crippen molar-refractivity contribution in [3.63, 3.8) is 0 Å². The van der Waals surface area contributed by atoms with Gasteiger partial charge in [-0.05, 0) is 12.1 Å². The van der Waals surface area contributed by atoms with Crippen molar-refractivity contribution in [3.05, 3.63) is 31.0 Å². The van der Waals surface area contributed by atoms with Crippen molar-refractivity contribution in [2.75, 3.05) is 0 Å². The van der Waals surface area contributed by atoms with Gasteiger partial charge in [-0.15, -0.1) is 0 Å². The molecule has 0 aliphatic heterocycles. The van der Waals surface area contributed by atoms with Gasteiger partial charge in [0.2, 0.25) is 0 Å². The molecule has 13 heavy (non-hydrogen) atoms. The maximum Gasteiger partial charge on any atom is 0.116 e. The number of fused-ring (bicyclic) bond motifs is 3. The van der Waals surface area contributed by atoms with Gasteiger partial charge in [0.1, 0.15) is 17.4 Å². The van der Waals surface area contributed by atoms with Crippen LogP contribution in [0.2, 0.25) is 0 Å². The summed E-state index contributed by atoms with van der Waals surface area (Å²) in [4.78, 5) is 15.4. The van der Waals surface area contributed by atoms with E-state index in [2.05, 4.69) is 19.9 Å². The lowest BCUT2D eigenvalue weighted by atomic mass is 10.2. The van der Waals surface area contributed by atoms with Gasteiger partial charge in [-0.1, -0.05) is 0 Å². The van der Waals surface area contributed by atoms with E-state index >= 15 is 0 Å². The number of benzene rings is 1. The molecular weight excluding hydrogens is 164 g/mol. The first-order chi connectivity index (χ1) is 6.45. The van der Waals surface area contributed by atoms with Crippen LogP contribution in [0.3, 0.4) is 0 Å². The lowest BCUT2D eigenvalue weighted by molar-refractivity contribution is 1.22. The number of hydrogen-bond donors (Lipinski definition) is 1. The van der Waals surface area contributed by atoms with E-state index < -0.39 is 0 Å². The zero-order chi connectivity index (χ0) is 8.67. The van der Waals surface area contributed by atoms with Gasteiger partial charge >= 0.3 is 0 Å². The number of aromatic amines is 1. The summed E-state index contributed by atoms with van der Waals surface area (Å²) in [7, 11) is 0. The van der Waals surface area contributed by atoms with Gasteiger partial charge in [0.15, 0.2) is 0 Å². The molecule has 0 radical (unpaired) electrons. The number of imidazole rings is 1. The second kappa shape index (κ2) is 2.26. The molecule has 4 nitrogen and oxygen atoms in total. The van der Waals surface area contributed by atoms with Crippen molar-refractivity contribution in [1.29, 1.82) is 0 Å². The fourth-order valence-electron chi connectivity index (χ4n) is 1.45. The smallest absolute Gasteiger partial charge is 0.116 e. The molecule has 0 aliphatic carbocycles. The van der Waals surface area contributed by atoms with Gasteiger partial charge in [0.25, 0.3) is 0 Å². The van der Waals surface area contributed by atoms with Crippen molar-refractivity contribution in [3.8, 4) is 0 Å². The third kappa shape index (κ3) is 0.823. The number of H-pyrrole nitrogens is 1. The molecule has 1 aromatic carbocycles. The Bertz CT molecular complexity index is 570. The lowest BCUT2D eigenvalue weighted by Gasteiger charge is -1.94. The molecule has 4 heteroatoms. The zero-order valence-electron chi connectivity index (χ0n) is 6.73. The van der Waals surface area contributed by atoms with E-state index in [0.717, 1.165) is 21.9 Å². The summed E-state index contributed by atoms with van der Waals surface area (Å²) >= 11 is 0. The maximum absolute atomic E-state index is 4.20. The van der Waals surface area contributed by atoms with E-state index in [-0.39, 0.29) is 0 Å². The SMILES string of the molecule is c1ncc2ccc3[nH]cnc3c2n1. The fourth-order valence-corrected chi connectivity index (χ4v) is 1.45. The third-order valence-electron chi connectivity index (χ3n) is 2.06. The Morgan fingerprint density at radius 3 is 3.08 bits per heavy atom. The minimum absolute atomic E-state index is 0.897. The highest BCUT2D eigenvalue weighted by molar-refractivity contribution is 6.00. The Morgan fingerprint density at radius 1 is 1.08 bits per heavy atom. The monoisotopic (exact) mass is 170 g/mol. The van der Waals surface area contributed by atoms with Crippen LogP contribution in [-0.4, -0.2) is 19.9 Å². The van der Waals surface area contributed by atoms with E-state index in [4.69, 9.17) is 0 Å². The molecule has 0 saturated carbocycles. The van der Waals surface area contributed by atoms with Crippen LogP contribution >= 0.6 is 0 Å². The normalized spacial score (nSPS) is 11.1. The first kappa shape index (κ1) is 6.54. The van der Waals surface area contributed by atoms with Gasteiger partial charge in [-0.25, -0.2) is 15.0 Å². The van der Waals surface area contributed by atoms with Crippen LogP contribution in [0.1, 0.15) is 0 Å².